The summed E-state index contributed by atoms with van der Waals surface area (Å²) in [7, 11) is 1.99. The predicted molar refractivity (Wildman–Crippen MR) is 119 cm³/mol. The van der Waals surface area contributed by atoms with E-state index >= 15 is 0 Å². The maximum atomic E-state index is 13.9. The fraction of sp³-hybridized carbons (Fsp3) is 0.400. The van der Waals surface area contributed by atoms with Crippen molar-refractivity contribution in [3.63, 3.8) is 0 Å². The van der Waals surface area contributed by atoms with E-state index in [-0.39, 0.29) is 36.5 Å². The van der Waals surface area contributed by atoms with Crippen molar-refractivity contribution < 1.29 is 14.3 Å². The Morgan fingerprint density at radius 2 is 2.06 bits per heavy atom. The Balaban J connectivity index is 1.72. The molecule has 2 aliphatic rings. The lowest BCUT2D eigenvalue weighted by molar-refractivity contribution is 0.161. The summed E-state index contributed by atoms with van der Waals surface area (Å²) in [5.74, 6) is 5.79. The van der Waals surface area contributed by atoms with Gasteiger partial charge in [-0.2, -0.15) is 0 Å². The summed E-state index contributed by atoms with van der Waals surface area (Å²) in [4.78, 5) is 16.8. The number of hydrogen-bond acceptors (Lipinski definition) is 3. The highest BCUT2D eigenvalue weighted by Gasteiger charge is 2.47. The van der Waals surface area contributed by atoms with E-state index in [2.05, 4.69) is 22.1 Å². The van der Waals surface area contributed by atoms with E-state index in [4.69, 9.17) is 0 Å². The van der Waals surface area contributed by atoms with Crippen LogP contribution in [0, 0.1) is 23.6 Å². The predicted octanol–water partition coefficient (Wildman–Crippen LogP) is 3.52. The van der Waals surface area contributed by atoms with E-state index in [1.54, 1.807) is 18.2 Å². The molecule has 31 heavy (non-hydrogen) atoms. The summed E-state index contributed by atoms with van der Waals surface area (Å²) in [6.07, 6.45) is 1.71. The van der Waals surface area contributed by atoms with Gasteiger partial charge in [0.25, 0.3) is 0 Å². The van der Waals surface area contributed by atoms with Crippen LogP contribution in [0.1, 0.15) is 42.5 Å². The van der Waals surface area contributed by atoms with Gasteiger partial charge < -0.3 is 20.2 Å². The van der Waals surface area contributed by atoms with E-state index < -0.39 is 0 Å². The molecular formula is C25H28FN3O2. The highest BCUT2D eigenvalue weighted by molar-refractivity contribution is 5.76. The lowest BCUT2D eigenvalue weighted by Crippen LogP contribution is -2.49. The summed E-state index contributed by atoms with van der Waals surface area (Å²) in [5, 5.41) is 13.1. The molecule has 2 N–H and O–H groups in total. The fourth-order valence-electron chi connectivity index (χ4n) is 4.80. The molecule has 1 saturated heterocycles. The maximum Gasteiger partial charge on any atom is 0.317 e. The topological polar surface area (TPSA) is 55.8 Å². The second-order valence-electron chi connectivity index (χ2n) is 8.19. The van der Waals surface area contributed by atoms with Crippen LogP contribution in [0.5, 0.6) is 0 Å². The van der Waals surface area contributed by atoms with Crippen molar-refractivity contribution in [3.05, 3.63) is 65.0 Å². The van der Waals surface area contributed by atoms with Crippen molar-refractivity contribution in [2.75, 3.05) is 31.6 Å². The molecule has 1 fully saturated rings. The SMILES string of the molecule is CCCNC(=O)N1CC[C@@H]2[C@H]1c1cc(C#Cc3ccccc3F)ccc1N(C)[C@@H]2CO. The van der Waals surface area contributed by atoms with Gasteiger partial charge in [0, 0.05) is 37.3 Å². The summed E-state index contributed by atoms with van der Waals surface area (Å²) in [5.41, 5.74) is 3.16. The lowest BCUT2D eigenvalue weighted by atomic mass is 9.81. The van der Waals surface area contributed by atoms with E-state index in [9.17, 15) is 14.3 Å². The zero-order valence-electron chi connectivity index (χ0n) is 17.9. The Hall–Kier alpha value is -3.04. The molecule has 2 amide bonds. The van der Waals surface area contributed by atoms with Crippen LogP contribution in [0.15, 0.2) is 42.5 Å². The summed E-state index contributed by atoms with van der Waals surface area (Å²) >= 11 is 0. The van der Waals surface area contributed by atoms with Crippen LogP contribution in [0.25, 0.3) is 0 Å². The van der Waals surface area contributed by atoms with Crippen molar-refractivity contribution in [2.24, 2.45) is 5.92 Å². The Morgan fingerprint density at radius 1 is 1.26 bits per heavy atom. The van der Waals surface area contributed by atoms with Crippen molar-refractivity contribution in [2.45, 2.75) is 31.8 Å². The van der Waals surface area contributed by atoms with Gasteiger partial charge in [-0.05, 0) is 48.7 Å². The second-order valence-corrected chi connectivity index (χ2v) is 8.19. The Kier molecular flexibility index (Phi) is 6.15. The fourth-order valence-corrected chi connectivity index (χ4v) is 4.80. The number of benzene rings is 2. The van der Waals surface area contributed by atoms with Crippen LogP contribution in [-0.2, 0) is 0 Å². The Labute approximate surface area is 182 Å². The molecule has 0 radical (unpaired) electrons. The number of rotatable bonds is 3. The van der Waals surface area contributed by atoms with Crippen molar-refractivity contribution in [1.82, 2.24) is 10.2 Å². The van der Waals surface area contributed by atoms with Crippen LogP contribution in [-0.4, -0.2) is 48.8 Å². The molecular weight excluding hydrogens is 393 g/mol. The smallest absolute Gasteiger partial charge is 0.317 e. The number of aliphatic hydroxyl groups is 1. The van der Waals surface area contributed by atoms with E-state index in [0.29, 0.717) is 18.7 Å². The molecule has 5 nitrogen and oxygen atoms in total. The number of carbonyl (C=O) groups is 1. The zero-order chi connectivity index (χ0) is 22.0. The number of hydrogen-bond donors (Lipinski definition) is 2. The van der Waals surface area contributed by atoms with Crippen LogP contribution in [0.2, 0.25) is 0 Å². The number of nitrogens with one attached hydrogen (secondary N) is 1. The summed E-state index contributed by atoms with van der Waals surface area (Å²) < 4.78 is 13.9. The normalized spacial score (nSPS) is 21.7. The first-order valence-electron chi connectivity index (χ1n) is 10.8. The average molecular weight is 422 g/mol. The minimum absolute atomic E-state index is 0.0381. The molecule has 2 aliphatic heterocycles. The monoisotopic (exact) mass is 421 g/mol. The number of carbonyl (C=O) groups excluding carboxylic acids is 1. The number of fused-ring (bicyclic) bond motifs is 3. The molecule has 3 atom stereocenters. The van der Waals surface area contributed by atoms with Crippen molar-refractivity contribution in [3.8, 4) is 11.8 Å². The number of likely N-dealkylation sites (N-methyl/N-ethyl adjacent to an activating group) is 1. The molecule has 6 heteroatoms. The average Bonchev–Trinajstić information content (AvgIpc) is 3.22. The van der Waals surface area contributed by atoms with Gasteiger partial charge in [0.15, 0.2) is 0 Å². The minimum atomic E-state index is -0.340. The van der Waals surface area contributed by atoms with Crippen LogP contribution < -0.4 is 10.2 Å². The second kappa shape index (κ2) is 8.99. The number of anilines is 1. The summed E-state index contributed by atoms with van der Waals surface area (Å²) in [6.45, 7) is 3.35. The first-order chi connectivity index (χ1) is 15.0. The molecule has 2 heterocycles. The molecule has 2 aromatic rings. The third-order valence-corrected chi connectivity index (χ3v) is 6.35. The number of aliphatic hydroxyl groups excluding tert-OH is 1. The van der Waals surface area contributed by atoms with E-state index in [1.165, 1.54) is 6.07 Å². The van der Waals surface area contributed by atoms with Crippen LogP contribution in [0.3, 0.4) is 0 Å². The van der Waals surface area contributed by atoms with Gasteiger partial charge in [0.1, 0.15) is 5.82 Å². The molecule has 2 aromatic carbocycles. The quantitative estimate of drug-likeness (QED) is 0.746. The van der Waals surface area contributed by atoms with Gasteiger partial charge in [-0.25, -0.2) is 9.18 Å². The molecule has 4 rings (SSSR count). The Morgan fingerprint density at radius 3 is 2.81 bits per heavy atom. The molecule has 0 spiro atoms. The zero-order valence-corrected chi connectivity index (χ0v) is 17.9. The number of amides is 2. The first-order valence-corrected chi connectivity index (χ1v) is 10.8. The van der Waals surface area contributed by atoms with Crippen molar-refractivity contribution >= 4 is 11.7 Å². The van der Waals surface area contributed by atoms with Gasteiger partial charge in [0.2, 0.25) is 0 Å². The van der Waals surface area contributed by atoms with Crippen molar-refractivity contribution in [1.29, 1.82) is 0 Å². The number of urea groups is 1. The van der Waals surface area contributed by atoms with E-state index in [1.807, 2.05) is 37.1 Å². The Bertz CT molecular complexity index is 1030. The number of likely N-dealkylation sites (tertiary alicyclic amines) is 1. The maximum absolute atomic E-state index is 13.9. The number of nitrogens with zero attached hydrogens (tertiary/aromatic N) is 2. The molecule has 0 aliphatic carbocycles. The third-order valence-electron chi connectivity index (χ3n) is 6.35. The van der Waals surface area contributed by atoms with Gasteiger partial charge >= 0.3 is 6.03 Å². The van der Waals surface area contributed by atoms with Gasteiger partial charge in [0.05, 0.1) is 24.3 Å². The molecule has 0 bridgehead atoms. The minimum Gasteiger partial charge on any atom is -0.394 e. The largest absolute Gasteiger partial charge is 0.394 e. The van der Waals surface area contributed by atoms with Crippen LogP contribution in [0.4, 0.5) is 14.9 Å². The highest BCUT2D eigenvalue weighted by atomic mass is 19.1. The van der Waals surface area contributed by atoms with E-state index in [0.717, 1.165) is 29.7 Å². The standard InChI is InChI=1S/C25H28FN3O2/c1-3-13-27-25(31)29-14-12-19-23(16-30)28(2)22-11-9-17(15-20(22)24(19)29)8-10-18-6-4-5-7-21(18)26/h4-7,9,11,15,19,23-24,30H,3,12-14,16H2,1-2H3,(H,27,31)/t19-,23+,24-/m0/s1. The van der Waals surface area contributed by atoms with Gasteiger partial charge in [-0.3, -0.25) is 0 Å². The molecule has 0 saturated carbocycles. The summed E-state index contributed by atoms with van der Waals surface area (Å²) in [6, 6.07) is 12.1. The lowest BCUT2D eigenvalue weighted by Gasteiger charge is -2.44. The molecule has 0 aromatic heterocycles. The number of halogens is 1. The van der Waals surface area contributed by atoms with Gasteiger partial charge in [-0.1, -0.05) is 30.9 Å². The van der Waals surface area contributed by atoms with Crippen LogP contribution >= 0.6 is 0 Å². The third kappa shape index (κ3) is 3.98. The molecule has 0 unspecified atom stereocenters. The van der Waals surface area contributed by atoms with Gasteiger partial charge in [-0.15, -0.1) is 0 Å². The molecule has 162 valence electrons. The first kappa shape index (κ1) is 21.2. The highest BCUT2D eigenvalue weighted by Crippen LogP contribution is 2.48.